The number of hydrogen-bond acceptors (Lipinski definition) is 3. The zero-order valence-corrected chi connectivity index (χ0v) is 12.9. The molecule has 0 saturated carbocycles. The number of aromatic carboxylic acids is 1. The summed E-state index contributed by atoms with van der Waals surface area (Å²) in [5, 5.41) is 10.4. The highest BCUT2D eigenvalue weighted by Crippen LogP contribution is 2.17. The summed E-state index contributed by atoms with van der Waals surface area (Å²) in [7, 11) is 0. The van der Waals surface area contributed by atoms with Gasteiger partial charge in [-0.1, -0.05) is 18.2 Å². The zero-order valence-electron chi connectivity index (χ0n) is 12.1. The maximum Gasteiger partial charge on any atom is 0.336 e. The third-order valence-electron chi connectivity index (χ3n) is 3.28. The number of thiophene rings is 1. The van der Waals surface area contributed by atoms with E-state index in [0.717, 1.165) is 0 Å². The number of benzene rings is 1. The molecule has 0 aliphatic heterocycles. The van der Waals surface area contributed by atoms with Gasteiger partial charge >= 0.3 is 5.97 Å². The van der Waals surface area contributed by atoms with Crippen molar-refractivity contribution in [3.05, 3.63) is 57.5 Å². The van der Waals surface area contributed by atoms with E-state index in [2.05, 4.69) is 0 Å². The largest absolute Gasteiger partial charge is 0.478 e. The van der Waals surface area contributed by atoms with Gasteiger partial charge in [-0.05, 0) is 19.1 Å². The van der Waals surface area contributed by atoms with E-state index in [1.807, 2.05) is 6.92 Å². The lowest BCUT2D eigenvalue weighted by atomic mass is 10.2. The Hall–Kier alpha value is -2.21. The summed E-state index contributed by atoms with van der Waals surface area (Å²) < 4.78 is 13.7. The summed E-state index contributed by atoms with van der Waals surface area (Å²) in [5.74, 6) is -1.49. The van der Waals surface area contributed by atoms with Crippen LogP contribution in [0.5, 0.6) is 0 Å². The van der Waals surface area contributed by atoms with E-state index >= 15 is 0 Å². The summed E-state index contributed by atoms with van der Waals surface area (Å²) >= 11 is 1.24. The Kier molecular flexibility index (Phi) is 5.27. The van der Waals surface area contributed by atoms with Crippen LogP contribution in [0.4, 0.5) is 4.39 Å². The van der Waals surface area contributed by atoms with Gasteiger partial charge in [0, 0.05) is 28.9 Å². The van der Waals surface area contributed by atoms with E-state index in [0.29, 0.717) is 17.0 Å². The fraction of sp³-hybridized carbons (Fsp3) is 0.250. The molecule has 1 N–H and O–H groups in total. The number of carboxylic acids is 1. The molecule has 0 spiro atoms. The van der Waals surface area contributed by atoms with Crippen molar-refractivity contribution in [3.8, 4) is 0 Å². The Bertz CT molecular complexity index is 684. The van der Waals surface area contributed by atoms with Crippen molar-refractivity contribution in [2.75, 3.05) is 6.54 Å². The van der Waals surface area contributed by atoms with Gasteiger partial charge in [0.1, 0.15) is 5.82 Å². The molecule has 0 atom stereocenters. The Morgan fingerprint density at radius 2 is 2.05 bits per heavy atom. The molecule has 0 aliphatic carbocycles. The number of carboxylic acid groups (broad SMARTS) is 1. The topological polar surface area (TPSA) is 57.6 Å². The number of amides is 1. The summed E-state index contributed by atoms with van der Waals surface area (Å²) in [6.07, 6.45) is 0.125. The summed E-state index contributed by atoms with van der Waals surface area (Å²) in [6.45, 7) is 2.50. The summed E-state index contributed by atoms with van der Waals surface area (Å²) in [4.78, 5) is 25.4. The first kappa shape index (κ1) is 16.2. The minimum Gasteiger partial charge on any atom is -0.478 e. The van der Waals surface area contributed by atoms with E-state index < -0.39 is 5.97 Å². The van der Waals surface area contributed by atoms with E-state index in [1.165, 1.54) is 28.8 Å². The van der Waals surface area contributed by atoms with Crippen LogP contribution < -0.4 is 0 Å². The van der Waals surface area contributed by atoms with Crippen LogP contribution in [0.15, 0.2) is 35.7 Å². The average Bonchev–Trinajstić information content (AvgIpc) is 2.95. The maximum absolute atomic E-state index is 13.7. The number of carbonyl (C=O) groups is 2. The predicted octanol–water partition coefficient (Wildman–Crippen LogP) is 3.18. The molecule has 0 saturated heterocycles. The van der Waals surface area contributed by atoms with Crippen molar-refractivity contribution in [1.29, 1.82) is 0 Å². The maximum atomic E-state index is 13.7. The normalized spacial score (nSPS) is 10.5. The highest BCUT2D eigenvalue weighted by Gasteiger charge is 2.16. The highest BCUT2D eigenvalue weighted by molar-refractivity contribution is 7.10. The standard InChI is InChI=1S/C16H16FNO3S/c1-2-18(9-11-5-3-4-6-14(11)17)15(19)8-13-7-12(10-22-13)16(20)21/h3-7,10H,2,8-9H2,1H3,(H,20,21). The van der Waals surface area contributed by atoms with Gasteiger partial charge in [0.2, 0.25) is 5.91 Å². The van der Waals surface area contributed by atoms with Crippen molar-refractivity contribution >= 4 is 23.2 Å². The first-order valence-electron chi connectivity index (χ1n) is 6.83. The molecule has 22 heavy (non-hydrogen) atoms. The van der Waals surface area contributed by atoms with Crippen molar-refractivity contribution in [2.24, 2.45) is 0 Å². The fourth-order valence-corrected chi connectivity index (χ4v) is 2.90. The van der Waals surface area contributed by atoms with Crippen molar-refractivity contribution in [2.45, 2.75) is 19.9 Å². The lowest BCUT2D eigenvalue weighted by molar-refractivity contribution is -0.130. The minimum absolute atomic E-state index is 0.125. The van der Waals surface area contributed by atoms with Crippen LogP contribution >= 0.6 is 11.3 Å². The van der Waals surface area contributed by atoms with Crippen LogP contribution in [0.1, 0.15) is 27.7 Å². The first-order chi connectivity index (χ1) is 10.5. The molecule has 1 heterocycles. The molecule has 1 amide bonds. The summed E-state index contributed by atoms with van der Waals surface area (Å²) in [5.41, 5.74) is 0.653. The minimum atomic E-state index is -1.01. The molecule has 0 bridgehead atoms. The van der Waals surface area contributed by atoms with Gasteiger partial charge in [-0.15, -0.1) is 11.3 Å². The number of carbonyl (C=O) groups excluding carboxylic acids is 1. The van der Waals surface area contributed by atoms with Crippen LogP contribution in [0, 0.1) is 5.82 Å². The quantitative estimate of drug-likeness (QED) is 0.889. The summed E-state index contributed by atoms with van der Waals surface area (Å²) in [6, 6.07) is 7.86. The van der Waals surface area contributed by atoms with Crippen LogP contribution in [-0.4, -0.2) is 28.4 Å². The smallest absolute Gasteiger partial charge is 0.336 e. The Labute approximate surface area is 131 Å². The fourth-order valence-electron chi connectivity index (χ4n) is 2.05. The molecule has 116 valence electrons. The molecule has 2 aromatic rings. The van der Waals surface area contributed by atoms with E-state index in [1.54, 1.807) is 23.1 Å². The molecule has 2 rings (SSSR count). The van der Waals surface area contributed by atoms with Crippen molar-refractivity contribution in [1.82, 2.24) is 4.90 Å². The number of likely N-dealkylation sites (N-methyl/N-ethyl adjacent to an activating group) is 1. The monoisotopic (exact) mass is 321 g/mol. The Morgan fingerprint density at radius 3 is 2.64 bits per heavy atom. The van der Waals surface area contributed by atoms with E-state index in [-0.39, 0.29) is 30.3 Å². The van der Waals surface area contributed by atoms with Gasteiger partial charge in [-0.25, -0.2) is 9.18 Å². The molecule has 0 aliphatic rings. The molecular formula is C16H16FNO3S. The number of nitrogens with zero attached hydrogens (tertiary/aromatic N) is 1. The predicted molar refractivity (Wildman–Crippen MR) is 82.5 cm³/mol. The van der Waals surface area contributed by atoms with Crippen LogP contribution in [-0.2, 0) is 17.8 Å². The van der Waals surface area contributed by atoms with E-state index in [4.69, 9.17) is 5.11 Å². The molecule has 0 fully saturated rings. The Morgan fingerprint density at radius 1 is 1.32 bits per heavy atom. The highest BCUT2D eigenvalue weighted by atomic mass is 32.1. The van der Waals surface area contributed by atoms with Gasteiger partial charge in [0.15, 0.2) is 0 Å². The van der Waals surface area contributed by atoms with Crippen LogP contribution in [0.2, 0.25) is 0 Å². The van der Waals surface area contributed by atoms with Gasteiger partial charge in [0.25, 0.3) is 0 Å². The molecule has 0 unspecified atom stereocenters. The lowest BCUT2D eigenvalue weighted by Gasteiger charge is -2.21. The van der Waals surface area contributed by atoms with Gasteiger partial charge in [0.05, 0.1) is 12.0 Å². The Balaban J connectivity index is 2.05. The molecule has 4 nitrogen and oxygen atoms in total. The first-order valence-corrected chi connectivity index (χ1v) is 7.71. The van der Waals surface area contributed by atoms with Crippen molar-refractivity contribution in [3.63, 3.8) is 0 Å². The second-order valence-electron chi connectivity index (χ2n) is 4.78. The second kappa shape index (κ2) is 7.17. The van der Waals surface area contributed by atoms with E-state index in [9.17, 15) is 14.0 Å². The number of halogens is 1. The average molecular weight is 321 g/mol. The van der Waals surface area contributed by atoms with Gasteiger partial charge < -0.3 is 10.0 Å². The third kappa shape index (κ3) is 3.92. The SMILES string of the molecule is CCN(Cc1ccccc1F)C(=O)Cc1cc(C(=O)O)cs1. The zero-order chi connectivity index (χ0) is 16.1. The van der Waals surface area contributed by atoms with Crippen LogP contribution in [0.3, 0.4) is 0 Å². The molecule has 6 heteroatoms. The van der Waals surface area contributed by atoms with Crippen LogP contribution in [0.25, 0.3) is 0 Å². The molecule has 0 radical (unpaired) electrons. The lowest BCUT2D eigenvalue weighted by Crippen LogP contribution is -2.31. The van der Waals surface area contributed by atoms with Gasteiger partial charge in [-0.2, -0.15) is 0 Å². The molecular weight excluding hydrogens is 305 g/mol. The number of rotatable bonds is 6. The molecule has 1 aromatic heterocycles. The molecule has 1 aromatic carbocycles. The second-order valence-corrected chi connectivity index (χ2v) is 5.78. The third-order valence-corrected chi connectivity index (χ3v) is 4.22. The van der Waals surface area contributed by atoms with Gasteiger partial charge in [-0.3, -0.25) is 4.79 Å². The number of hydrogen-bond donors (Lipinski definition) is 1. The van der Waals surface area contributed by atoms with Crippen molar-refractivity contribution < 1.29 is 19.1 Å².